The van der Waals surface area contributed by atoms with Gasteiger partial charge in [0.2, 0.25) is 10.0 Å². The summed E-state index contributed by atoms with van der Waals surface area (Å²) in [5, 5.41) is 9.65. The third-order valence-corrected chi connectivity index (χ3v) is 5.80. The number of aromatic nitrogens is 2. The molecule has 0 bridgehead atoms. The average Bonchev–Trinajstić information content (AvgIpc) is 3.02. The second-order valence-corrected chi connectivity index (χ2v) is 7.20. The number of carboxylic acid groups (broad SMARTS) is 1. The van der Waals surface area contributed by atoms with Gasteiger partial charge < -0.3 is 10.1 Å². The van der Waals surface area contributed by atoms with Gasteiger partial charge in [-0.2, -0.15) is 4.31 Å². The number of aromatic amines is 1. The van der Waals surface area contributed by atoms with Crippen LogP contribution in [0.4, 0.5) is 0 Å². The van der Waals surface area contributed by atoms with Crippen LogP contribution >= 0.6 is 0 Å². The van der Waals surface area contributed by atoms with Gasteiger partial charge in [-0.05, 0) is 18.1 Å². The highest BCUT2D eigenvalue weighted by Gasteiger charge is 2.41. The fraction of sp³-hybridized carbons (Fsp3) is 0.385. The van der Waals surface area contributed by atoms with E-state index in [1.54, 1.807) is 25.3 Å². The summed E-state index contributed by atoms with van der Waals surface area (Å²) >= 11 is 0. The van der Waals surface area contributed by atoms with Crippen LogP contribution < -0.4 is 0 Å². The van der Waals surface area contributed by atoms with Crippen molar-refractivity contribution in [1.29, 1.82) is 0 Å². The lowest BCUT2D eigenvalue weighted by Gasteiger charge is -2.15. The van der Waals surface area contributed by atoms with E-state index in [1.165, 1.54) is 10.5 Å². The molecule has 0 aromatic carbocycles. The predicted octanol–water partition coefficient (Wildman–Crippen LogP) is 0.904. The first-order valence-corrected chi connectivity index (χ1v) is 8.00. The van der Waals surface area contributed by atoms with Crippen LogP contribution in [-0.2, 0) is 14.8 Å². The molecule has 0 amide bonds. The molecule has 1 saturated heterocycles. The first kappa shape index (κ1) is 14.0. The maximum atomic E-state index is 12.7. The van der Waals surface area contributed by atoms with E-state index in [4.69, 9.17) is 5.11 Å². The van der Waals surface area contributed by atoms with Gasteiger partial charge in [0.05, 0.1) is 5.92 Å². The Hall–Kier alpha value is -1.93. The molecule has 1 aliphatic rings. The van der Waals surface area contributed by atoms with Gasteiger partial charge in [-0.1, -0.05) is 6.92 Å². The minimum atomic E-state index is -3.72. The van der Waals surface area contributed by atoms with Gasteiger partial charge in [-0.15, -0.1) is 0 Å². The van der Waals surface area contributed by atoms with Crippen LogP contribution in [0.15, 0.2) is 29.4 Å². The van der Waals surface area contributed by atoms with Crippen molar-refractivity contribution in [2.24, 2.45) is 11.8 Å². The number of carboxylic acids is 1. The Morgan fingerprint density at radius 1 is 1.48 bits per heavy atom. The van der Waals surface area contributed by atoms with E-state index in [9.17, 15) is 13.2 Å². The van der Waals surface area contributed by atoms with Crippen molar-refractivity contribution >= 4 is 27.0 Å². The summed E-state index contributed by atoms with van der Waals surface area (Å²) in [5.74, 6) is -1.83. The quantitative estimate of drug-likeness (QED) is 0.877. The summed E-state index contributed by atoms with van der Waals surface area (Å²) in [6.45, 7) is 1.98. The Morgan fingerprint density at radius 3 is 2.90 bits per heavy atom. The minimum Gasteiger partial charge on any atom is -0.481 e. The molecule has 8 heteroatoms. The molecule has 3 heterocycles. The molecule has 7 nitrogen and oxygen atoms in total. The Kier molecular flexibility index (Phi) is 3.22. The molecule has 2 unspecified atom stereocenters. The molecule has 2 atom stereocenters. The second-order valence-electron chi connectivity index (χ2n) is 5.30. The van der Waals surface area contributed by atoms with Crippen molar-refractivity contribution < 1.29 is 18.3 Å². The maximum absolute atomic E-state index is 12.7. The number of aliphatic carboxylic acids is 1. The smallest absolute Gasteiger partial charge is 0.308 e. The number of fused-ring (bicyclic) bond motifs is 1. The van der Waals surface area contributed by atoms with E-state index in [-0.39, 0.29) is 23.9 Å². The molecule has 0 aliphatic carbocycles. The molecular weight excluding hydrogens is 294 g/mol. The number of H-pyrrole nitrogens is 1. The van der Waals surface area contributed by atoms with Crippen molar-refractivity contribution in [3.63, 3.8) is 0 Å². The molecule has 21 heavy (non-hydrogen) atoms. The number of nitrogens with zero attached hydrogens (tertiary/aromatic N) is 2. The number of carbonyl (C=O) groups is 1. The lowest BCUT2D eigenvalue weighted by atomic mass is 9.99. The molecular formula is C13H15N3O4S. The Balaban J connectivity index is 2.00. The zero-order valence-corrected chi connectivity index (χ0v) is 12.2. The van der Waals surface area contributed by atoms with Crippen LogP contribution in [0.5, 0.6) is 0 Å². The number of hydrogen-bond acceptors (Lipinski definition) is 4. The molecule has 1 aliphatic heterocycles. The number of rotatable bonds is 3. The molecule has 0 saturated carbocycles. The SMILES string of the molecule is CC1CN(S(=O)(=O)c2c[nH]c3ncccc23)CC1C(=O)O. The monoisotopic (exact) mass is 309 g/mol. The lowest BCUT2D eigenvalue weighted by Crippen LogP contribution is -2.30. The summed E-state index contributed by atoms with van der Waals surface area (Å²) in [5.41, 5.74) is 0.498. The standard InChI is InChI=1S/C13H15N3O4S/c1-8-6-16(7-10(8)13(17)18)21(19,20)11-5-15-12-9(11)3-2-4-14-12/h2-5,8,10H,6-7H2,1H3,(H,14,15)(H,17,18). The van der Waals surface area contributed by atoms with Gasteiger partial charge in [-0.25, -0.2) is 13.4 Å². The van der Waals surface area contributed by atoms with Gasteiger partial charge in [-0.3, -0.25) is 4.79 Å². The van der Waals surface area contributed by atoms with Crippen molar-refractivity contribution in [2.45, 2.75) is 11.8 Å². The van der Waals surface area contributed by atoms with E-state index in [2.05, 4.69) is 9.97 Å². The number of nitrogens with one attached hydrogen (secondary N) is 1. The van der Waals surface area contributed by atoms with Crippen LogP contribution in [0.25, 0.3) is 11.0 Å². The molecule has 1 fully saturated rings. The van der Waals surface area contributed by atoms with Gasteiger partial charge in [0.25, 0.3) is 0 Å². The van der Waals surface area contributed by atoms with E-state index >= 15 is 0 Å². The van der Waals surface area contributed by atoms with Crippen molar-refractivity contribution in [1.82, 2.24) is 14.3 Å². The zero-order chi connectivity index (χ0) is 15.2. The van der Waals surface area contributed by atoms with Crippen LogP contribution in [-0.4, -0.2) is 46.9 Å². The van der Waals surface area contributed by atoms with E-state index < -0.39 is 21.9 Å². The summed E-state index contributed by atoms with van der Waals surface area (Å²) in [7, 11) is -3.72. The molecule has 2 aromatic heterocycles. The fourth-order valence-corrected chi connectivity index (χ4v) is 4.44. The fourth-order valence-electron chi connectivity index (χ4n) is 2.72. The summed E-state index contributed by atoms with van der Waals surface area (Å²) in [6.07, 6.45) is 2.99. The minimum absolute atomic E-state index is 0.00572. The molecule has 0 spiro atoms. The second kappa shape index (κ2) is 4.81. The van der Waals surface area contributed by atoms with E-state index in [0.717, 1.165) is 0 Å². The molecule has 0 radical (unpaired) electrons. The highest BCUT2D eigenvalue weighted by atomic mass is 32.2. The van der Waals surface area contributed by atoms with Crippen LogP contribution in [0.3, 0.4) is 0 Å². The Bertz CT molecular complexity index is 799. The number of sulfonamides is 1. The Morgan fingerprint density at radius 2 is 2.24 bits per heavy atom. The summed E-state index contributed by atoms with van der Waals surface area (Å²) < 4.78 is 26.7. The van der Waals surface area contributed by atoms with E-state index in [1.807, 2.05) is 0 Å². The molecule has 112 valence electrons. The summed E-state index contributed by atoms with van der Waals surface area (Å²) in [6, 6.07) is 3.35. The first-order chi connectivity index (χ1) is 9.91. The maximum Gasteiger partial charge on any atom is 0.308 e. The molecule has 3 rings (SSSR count). The highest BCUT2D eigenvalue weighted by Crippen LogP contribution is 2.31. The van der Waals surface area contributed by atoms with Crippen molar-refractivity contribution in [3.8, 4) is 0 Å². The molecule has 2 aromatic rings. The molecule has 2 N–H and O–H groups in total. The van der Waals surface area contributed by atoms with E-state index in [0.29, 0.717) is 11.0 Å². The Labute approximate surface area is 121 Å². The zero-order valence-electron chi connectivity index (χ0n) is 11.4. The van der Waals surface area contributed by atoms with Crippen LogP contribution in [0, 0.1) is 11.8 Å². The third-order valence-electron chi connectivity index (χ3n) is 3.93. The number of hydrogen-bond donors (Lipinski definition) is 2. The lowest BCUT2D eigenvalue weighted by molar-refractivity contribution is -0.142. The van der Waals surface area contributed by atoms with Gasteiger partial charge in [0, 0.05) is 30.9 Å². The summed E-state index contributed by atoms with van der Waals surface area (Å²) in [4.78, 5) is 18.2. The largest absolute Gasteiger partial charge is 0.481 e. The third kappa shape index (κ3) is 2.20. The van der Waals surface area contributed by atoms with Gasteiger partial charge >= 0.3 is 5.97 Å². The topological polar surface area (TPSA) is 103 Å². The predicted molar refractivity (Wildman–Crippen MR) is 75.1 cm³/mol. The first-order valence-electron chi connectivity index (χ1n) is 6.56. The van der Waals surface area contributed by atoms with Crippen LogP contribution in [0.1, 0.15) is 6.92 Å². The van der Waals surface area contributed by atoms with Gasteiger partial charge in [0.1, 0.15) is 10.5 Å². The highest BCUT2D eigenvalue weighted by molar-refractivity contribution is 7.89. The number of pyridine rings is 1. The van der Waals surface area contributed by atoms with Crippen molar-refractivity contribution in [3.05, 3.63) is 24.5 Å². The normalized spacial score (nSPS) is 23.7. The average molecular weight is 309 g/mol. The van der Waals surface area contributed by atoms with Crippen molar-refractivity contribution in [2.75, 3.05) is 13.1 Å². The van der Waals surface area contributed by atoms with Gasteiger partial charge in [0.15, 0.2) is 0 Å². The van der Waals surface area contributed by atoms with Crippen LogP contribution in [0.2, 0.25) is 0 Å².